The van der Waals surface area contributed by atoms with E-state index in [0.717, 1.165) is 24.0 Å². The SMILES string of the molecule is COCCCOc1cc(C[C@@H](C[C@H](N)[C@@H](O)CNc2c(NC(C)Cc3ccccc3)c(=O)c2=O)C(C)C)ccc1OC. The van der Waals surface area contributed by atoms with Gasteiger partial charge in [0.15, 0.2) is 11.5 Å². The zero-order chi connectivity index (χ0) is 30.6. The molecular formula is C33H47N3O6. The molecule has 5 N–H and O–H groups in total. The standard InChI is InChI=1S/C33H47N3O6/c1-21(2)25(17-24-12-13-28(41-5)29(18-24)42-15-9-14-40-4)19-26(34)27(37)20-35-30-31(33(39)32(30)38)36-22(3)16-23-10-7-6-8-11-23/h6-8,10-13,18,21-22,25-27,35-37H,9,14-17,19-20,34H2,1-5H3/t22?,25-,26-,27-/m0/s1. The van der Waals surface area contributed by atoms with Crippen LogP contribution in [-0.4, -0.2) is 57.3 Å². The first-order valence-corrected chi connectivity index (χ1v) is 14.7. The number of ether oxygens (including phenoxy) is 3. The Morgan fingerprint density at radius 2 is 1.60 bits per heavy atom. The summed E-state index contributed by atoms with van der Waals surface area (Å²) in [7, 11) is 3.29. The lowest BCUT2D eigenvalue weighted by molar-refractivity contribution is 0.137. The summed E-state index contributed by atoms with van der Waals surface area (Å²) in [6, 6.07) is 15.3. The van der Waals surface area contributed by atoms with E-state index in [9.17, 15) is 14.7 Å². The molecule has 0 saturated heterocycles. The Morgan fingerprint density at radius 3 is 2.26 bits per heavy atom. The van der Waals surface area contributed by atoms with E-state index < -0.39 is 23.0 Å². The van der Waals surface area contributed by atoms with Gasteiger partial charge in [-0.1, -0.05) is 50.2 Å². The van der Waals surface area contributed by atoms with Gasteiger partial charge in [-0.2, -0.15) is 0 Å². The number of hydrogen-bond acceptors (Lipinski definition) is 9. The van der Waals surface area contributed by atoms with E-state index in [1.165, 1.54) is 0 Å². The normalized spacial score (nSPS) is 14.4. The van der Waals surface area contributed by atoms with Crippen molar-refractivity contribution >= 4 is 11.4 Å². The number of methoxy groups -OCH3 is 2. The maximum atomic E-state index is 12.3. The number of benzene rings is 2. The number of anilines is 2. The average Bonchev–Trinajstić information content (AvgIpc) is 2.98. The lowest BCUT2D eigenvalue weighted by Gasteiger charge is -2.28. The minimum absolute atomic E-state index is 0.0514. The first-order valence-electron chi connectivity index (χ1n) is 14.7. The zero-order valence-corrected chi connectivity index (χ0v) is 25.5. The summed E-state index contributed by atoms with van der Waals surface area (Å²) in [5.74, 6) is 1.89. The van der Waals surface area contributed by atoms with Gasteiger partial charge in [-0.05, 0) is 61.3 Å². The third-order valence-electron chi connectivity index (χ3n) is 7.66. The van der Waals surface area contributed by atoms with Crippen molar-refractivity contribution in [2.24, 2.45) is 17.6 Å². The third kappa shape index (κ3) is 9.31. The summed E-state index contributed by atoms with van der Waals surface area (Å²) < 4.78 is 16.5. The van der Waals surface area contributed by atoms with Crippen molar-refractivity contribution in [2.75, 3.05) is 44.6 Å². The van der Waals surface area contributed by atoms with Gasteiger partial charge in [-0.15, -0.1) is 0 Å². The van der Waals surface area contributed by atoms with Crippen LogP contribution in [0.5, 0.6) is 11.5 Å². The number of nitrogens with one attached hydrogen (secondary N) is 2. The second-order valence-electron chi connectivity index (χ2n) is 11.4. The van der Waals surface area contributed by atoms with E-state index in [1.807, 2.05) is 55.5 Å². The van der Waals surface area contributed by atoms with Gasteiger partial charge in [0.1, 0.15) is 11.4 Å². The number of nitrogens with two attached hydrogens (primary N) is 1. The van der Waals surface area contributed by atoms with Crippen molar-refractivity contribution < 1.29 is 19.3 Å². The minimum Gasteiger partial charge on any atom is -0.493 e. The molecule has 0 radical (unpaired) electrons. The number of aliphatic hydroxyl groups is 1. The summed E-state index contributed by atoms with van der Waals surface area (Å²) >= 11 is 0. The highest BCUT2D eigenvalue weighted by Gasteiger charge is 2.26. The third-order valence-corrected chi connectivity index (χ3v) is 7.66. The Kier molecular flexibility index (Phi) is 12.8. The first-order chi connectivity index (χ1) is 20.1. The fourth-order valence-corrected chi connectivity index (χ4v) is 5.07. The minimum atomic E-state index is -0.902. The molecule has 230 valence electrons. The molecule has 0 saturated carbocycles. The fourth-order valence-electron chi connectivity index (χ4n) is 5.07. The molecule has 4 atom stereocenters. The van der Waals surface area contributed by atoms with Crippen LogP contribution >= 0.6 is 0 Å². The molecule has 0 amide bonds. The van der Waals surface area contributed by atoms with E-state index in [2.05, 4.69) is 24.5 Å². The summed E-state index contributed by atoms with van der Waals surface area (Å²) in [6.07, 6.45) is 1.93. The van der Waals surface area contributed by atoms with Gasteiger partial charge in [-0.25, -0.2) is 0 Å². The van der Waals surface area contributed by atoms with E-state index in [1.54, 1.807) is 14.2 Å². The number of hydrogen-bond donors (Lipinski definition) is 4. The van der Waals surface area contributed by atoms with Crippen LogP contribution in [0.1, 0.15) is 44.7 Å². The van der Waals surface area contributed by atoms with Gasteiger partial charge < -0.3 is 35.7 Å². The average molecular weight is 582 g/mol. The topological polar surface area (TPSA) is 132 Å². The molecule has 0 aliphatic rings. The van der Waals surface area contributed by atoms with E-state index in [4.69, 9.17) is 19.9 Å². The van der Waals surface area contributed by atoms with Crippen LogP contribution in [0.4, 0.5) is 11.4 Å². The Labute approximate surface area is 249 Å². The Morgan fingerprint density at radius 1 is 0.881 bits per heavy atom. The predicted molar refractivity (Wildman–Crippen MR) is 169 cm³/mol. The van der Waals surface area contributed by atoms with Crippen molar-refractivity contribution in [3.63, 3.8) is 0 Å². The lowest BCUT2D eigenvalue weighted by Crippen LogP contribution is -2.44. The maximum Gasteiger partial charge on any atom is 0.253 e. The summed E-state index contributed by atoms with van der Waals surface area (Å²) in [5.41, 5.74) is 8.04. The van der Waals surface area contributed by atoms with Crippen LogP contribution in [-0.2, 0) is 17.6 Å². The van der Waals surface area contributed by atoms with Gasteiger partial charge in [0.05, 0.1) is 19.8 Å². The van der Waals surface area contributed by atoms with E-state index >= 15 is 0 Å². The molecular weight excluding hydrogens is 534 g/mol. The smallest absolute Gasteiger partial charge is 0.253 e. The zero-order valence-electron chi connectivity index (χ0n) is 25.5. The molecule has 9 nitrogen and oxygen atoms in total. The van der Waals surface area contributed by atoms with Crippen LogP contribution in [0.2, 0.25) is 0 Å². The molecule has 1 unspecified atom stereocenters. The molecule has 0 fully saturated rings. The highest BCUT2D eigenvalue weighted by molar-refractivity contribution is 5.74. The molecule has 0 bridgehead atoms. The van der Waals surface area contributed by atoms with Gasteiger partial charge in [-0.3, -0.25) is 9.59 Å². The summed E-state index contributed by atoms with van der Waals surface area (Å²) in [5, 5.41) is 17.0. The monoisotopic (exact) mass is 581 g/mol. The first kappa shape index (κ1) is 33.1. The largest absolute Gasteiger partial charge is 0.493 e. The van der Waals surface area contributed by atoms with E-state index in [0.29, 0.717) is 43.5 Å². The highest BCUT2D eigenvalue weighted by atomic mass is 16.5. The summed E-state index contributed by atoms with van der Waals surface area (Å²) in [4.78, 5) is 24.6. The Hall–Kier alpha value is -3.40. The van der Waals surface area contributed by atoms with Crippen molar-refractivity contribution in [3.05, 3.63) is 80.1 Å². The molecule has 0 aliphatic heterocycles. The van der Waals surface area contributed by atoms with Crippen LogP contribution in [0, 0.1) is 11.8 Å². The molecule has 0 spiro atoms. The molecule has 0 heterocycles. The number of rotatable bonds is 19. The van der Waals surface area contributed by atoms with Crippen LogP contribution in [0.3, 0.4) is 0 Å². The van der Waals surface area contributed by atoms with Crippen molar-refractivity contribution in [3.8, 4) is 11.5 Å². The lowest BCUT2D eigenvalue weighted by atomic mass is 9.83. The van der Waals surface area contributed by atoms with E-state index in [-0.39, 0.29) is 29.9 Å². The molecule has 3 rings (SSSR count). The predicted octanol–water partition coefficient (Wildman–Crippen LogP) is 3.75. The van der Waals surface area contributed by atoms with Crippen molar-refractivity contribution in [1.82, 2.24) is 0 Å². The molecule has 3 aromatic rings. The Bertz CT molecular complexity index is 1310. The van der Waals surface area contributed by atoms with Gasteiger partial charge in [0.2, 0.25) is 0 Å². The van der Waals surface area contributed by atoms with Crippen molar-refractivity contribution in [1.29, 1.82) is 0 Å². The fraction of sp³-hybridized carbons (Fsp3) is 0.515. The van der Waals surface area contributed by atoms with Crippen LogP contribution in [0.15, 0.2) is 58.1 Å². The highest BCUT2D eigenvalue weighted by Crippen LogP contribution is 2.31. The van der Waals surface area contributed by atoms with Crippen LogP contribution in [0.25, 0.3) is 0 Å². The molecule has 0 aliphatic carbocycles. The molecule has 42 heavy (non-hydrogen) atoms. The second-order valence-corrected chi connectivity index (χ2v) is 11.4. The Balaban J connectivity index is 1.57. The molecule has 3 aromatic carbocycles. The molecule has 9 heteroatoms. The quantitative estimate of drug-likeness (QED) is 0.123. The van der Waals surface area contributed by atoms with Gasteiger partial charge in [0.25, 0.3) is 10.9 Å². The van der Waals surface area contributed by atoms with Crippen molar-refractivity contribution in [2.45, 2.75) is 64.6 Å². The van der Waals surface area contributed by atoms with Gasteiger partial charge >= 0.3 is 0 Å². The summed E-state index contributed by atoms with van der Waals surface area (Å²) in [6.45, 7) is 7.47. The second kappa shape index (κ2) is 16.3. The van der Waals surface area contributed by atoms with Crippen LogP contribution < -0.4 is 36.7 Å². The van der Waals surface area contributed by atoms with Gasteiger partial charge in [0, 0.05) is 38.8 Å². The maximum absolute atomic E-state index is 12.3. The number of aliphatic hydroxyl groups excluding tert-OH is 1. The molecule has 0 aromatic heterocycles.